The summed E-state index contributed by atoms with van der Waals surface area (Å²) in [6.07, 6.45) is -3.29. The fourth-order valence-electron chi connectivity index (χ4n) is 4.06. The average Bonchev–Trinajstić information content (AvgIpc) is 3.30. The zero-order valence-corrected chi connectivity index (χ0v) is 15.5. The predicted octanol–water partition coefficient (Wildman–Crippen LogP) is 5.53. The van der Waals surface area contributed by atoms with E-state index in [-0.39, 0.29) is 17.1 Å². The zero-order chi connectivity index (χ0) is 20.2. The number of hydrogen-bond acceptors (Lipinski definition) is 3. The molecule has 4 aromatic rings. The lowest BCUT2D eigenvalue weighted by molar-refractivity contribution is -0.136. The number of benzene rings is 2. The highest BCUT2D eigenvalue weighted by Crippen LogP contribution is 2.46. The standard InChI is InChI=1S/C22H16F3N3O/c1-28-20-15-10-6-5-7-13(15)11-12-16(20)18(26-28)19-17(22(23,24)25)21(29-27-19)14-8-3-2-4-9-14/h2-10H,11-12H2,1H3. The van der Waals surface area contributed by atoms with Gasteiger partial charge in [0.15, 0.2) is 5.76 Å². The van der Waals surface area contributed by atoms with Crippen LogP contribution in [0.1, 0.15) is 16.7 Å². The number of alkyl halides is 3. The van der Waals surface area contributed by atoms with Crippen molar-refractivity contribution in [2.45, 2.75) is 19.0 Å². The van der Waals surface area contributed by atoms with Crippen molar-refractivity contribution in [2.24, 2.45) is 7.05 Å². The first-order chi connectivity index (χ1) is 13.9. The van der Waals surface area contributed by atoms with Crippen LogP contribution in [0.25, 0.3) is 34.0 Å². The van der Waals surface area contributed by atoms with Crippen molar-refractivity contribution in [3.05, 3.63) is 71.3 Å². The molecule has 146 valence electrons. The minimum Gasteiger partial charge on any atom is -0.355 e. The average molecular weight is 395 g/mol. The Hall–Kier alpha value is -3.35. The van der Waals surface area contributed by atoms with Crippen molar-refractivity contribution in [2.75, 3.05) is 0 Å². The van der Waals surface area contributed by atoms with Gasteiger partial charge in [-0.2, -0.15) is 18.3 Å². The molecule has 7 heteroatoms. The minimum atomic E-state index is -4.63. The van der Waals surface area contributed by atoms with Gasteiger partial charge in [0.25, 0.3) is 0 Å². The highest BCUT2D eigenvalue weighted by atomic mass is 19.4. The molecule has 1 aliphatic rings. The molecule has 0 fully saturated rings. The van der Waals surface area contributed by atoms with Gasteiger partial charge in [-0.3, -0.25) is 4.68 Å². The number of halogens is 3. The number of aryl methyl sites for hydroxylation is 2. The molecule has 0 aliphatic heterocycles. The van der Waals surface area contributed by atoms with Crippen LogP contribution in [0.4, 0.5) is 13.2 Å². The Morgan fingerprint density at radius 1 is 0.931 bits per heavy atom. The molecular weight excluding hydrogens is 379 g/mol. The van der Waals surface area contributed by atoms with E-state index in [1.165, 1.54) is 0 Å². The fourth-order valence-corrected chi connectivity index (χ4v) is 4.06. The largest absolute Gasteiger partial charge is 0.422 e. The van der Waals surface area contributed by atoms with Crippen molar-refractivity contribution in [1.82, 2.24) is 14.9 Å². The lowest BCUT2D eigenvalue weighted by Gasteiger charge is -2.17. The Morgan fingerprint density at radius 3 is 2.41 bits per heavy atom. The van der Waals surface area contributed by atoms with Gasteiger partial charge in [-0.15, -0.1) is 0 Å². The van der Waals surface area contributed by atoms with Gasteiger partial charge in [-0.25, -0.2) is 0 Å². The van der Waals surface area contributed by atoms with E-state index in [2.05, 4.69) is 10.3 Å². The van der Waals surface area contributed by atoms with E-state index in [9.17, 15) is 13.2 Å². The predicted molar refractivity (Wildman–Crippen MR) is 102 cm³/mol. The molecule has 0 atom stereocenters. The van der Waals surface area contributed by atoms with Crippen LogP contribution in [0.3, 0.4) is 0 Å². The molecule has 2 aromatic carbocycles. The van der Waals surface area contributed by atoms with Gasteiger partial charge in [0.05, 0.1) is 5.69 Å². The number of hydrogen-bond donors (Lipinski definition) is 0. The SMILES string of the molecule is Cn1nc(-c2noc(-c3ccccc3)c2C(F)(F)F)c2c1-c1ccccc1CC2. The van der Waals surface area contributed by atoms with Crippen LogP contribution in [-0.4, -0.2) is 14.9 Å². The summed E-state index contributed by atoms with van der Waals surface area (Å²) in [5.74, 6) is -0.288. The summed E-state index contributed by atoms with van der Waals surface area (Å²) in [4.78, 5) is 0. The van der Waals surface area contributed by atoms with E-state index in [1.807, 2.05) is 24.3 Å². The van der Waals surface area contributed by atoms with Gasteiger partial charge in [0.2, 0.25) is 0 Å². The van der Waals surface area contributed by atoms with E-state index in [1.54, 1.807) is 42.1 Å². The molecule has 0 unspecified atom stereocenters. The number of nitrogens with zero attached hydrogens (tertiary/aromatic N) is 3. The molecule has 0 N–H and O–H groups in total. The summed E-state index contributed by atoms with van der Waals surface area (Å²) in [5, 5.41) is 8.27. The molecule has 4 nitrogen and oxygen atoms in total. The van der Waals surface area contributed by atoms with Gasteiger partial charge in [-0.1, -0.05) is 59.8 Å². The molecular formula is C22H16F3N3O. The van der Waals surface area contributed by atoms with Crippen LogP contribution in [0.5, 0.6) is 0 Å². The van der Waals surface area contributed by atoms with E-state index in [0.29, 0.717) is 12.0 Å². The Balaban J connectivity index is 1.74. The molecule has 29 heavy (non-hydrogen) atoms. The molecule has 0 saturated carbocycles. The smallest absolute Gasteiger partial charge is 0.355 e. The summed E-state index contributed by atoms with van der Waals surface area (Å²) >= 11 is 0. The Morgan fingerprint density at radius 2 is 1.66 bits per heavy atom. The topological polar surface area (TPSA) is 43.9 Å². The first-order valence-corrected chi connectivity index (χ1v) is 9.22. The van der Waals surface area contributed by atoms with Crippen molar-refractivity contribution < 1.29 is 17.7 Å². The second kappa shape index (κ2) is 6.34. The fraction of sp³-hybridized carbons (Fsp3) is 0.182. The van der Waals surface area contributed by atoms with Crippen LogP contribution in [0.15, 0.2) is 59.1 Å². The number of fused-ring (bicyclic) bond motifs is 3. The third-order valence-electron chi connectivity index (χ3n) is 5.30. The van der Waals surface area contributed by atoms with Crippen LogP contribution in [-0.2, 0) is 26.1 Å². The van der Waals surface area contributed by atoms with Crippen LogP contribution in [0, 0.1) is 0 Å². The third kappa shape index (κ3) is 2.76. The van der Waals surface area contributed by atoms with Gasteiger partial charge in [0, 0.05) is 23.7 Å². The normalized spacial score (nSPS) is 13.2. The molecule has 1 aliphatic carbocycles. The molecule has 2 aromatic heterocycles. The monoisotopic (exact) mass is 395 g/mol. The van der Waals surface area contributed by atoms with Gasteiger partial charge in [-0.05, 0) is 18.4 Å². The molecule has 0 bridgehead atoms. The minimum absolute atomic E-state index is 0.232. The molecule has 0 spiro atoms. The first-order valence-electron chi connectivity index (χ1n) is 9.22. The molecule has 0 amide bonds. The summed E-state index contributed by atoms with van der Waals surface area (Å²) in [5.41, 5.74) is 3.18. The number of aromatic nitrogens is 3. The summed E-state index contributed by atoms with van der Waals surface area (Å²) in [6, 6.07) is 16.1. The second-order valence-corrected chi connectivity index (χ2v) is 7.06. The van der Waals surface area contributed by atoms with E-state index >= 15 is 0 Å². The summed E-state index contributed by atoms with van der Waals surface area (Å²) < 4.78 is 49.0. The molecule has 0 saturated heterocycles. The van der Waals surface area contributed by atoms with Crippen molar-refractivity contribution in [3.63, 3.8) is 0 Å². The Bertz CT molecular complexity index is 1210. The number of rotatable bonds is 2. The zero-order valence-electron chi connectivity index (χ0n) is 15.5. The molecule has 0 radical (unpaired) electrons. The van der Waals surface area contributed by atoms with Crippen LogP contribution < -0.4 is 0 Å². The van der Waals surface area contributed by atoms with Gasteiger partial charge >= 0.3 is 6.18 Å². The van der Waals surface area contributed by atoms with Gasteiger partial charge < -0.3 is 4.52 Å². The van der Waals surface area contributed by atoms with Crippen LogP contribution in [0.2, 0.25) is 0 Å². The lowest BCUT2D eigenvalue weighted by atomic mass is 9.88. The maximum absolute atomic E-state index is 14.1. The maximum atomic E-state index is 14.1. The Kier molecular flexibility index (Phi) is 3.87. The highest BCUT2D eigenvalue weighted by molar-refractivity contribution is 5.80. The summed E-state index contributed by atoms with van der Waals surface area (Å²) in [7, 11) is 1.75. The van der Waals surface area contributed by atoms with E-state index < -0.39 is 11.7 Å². The third-order valence-corrected chi connectivity index (χ3v) is 5.30. The van der Waals surface area contributed by atoms with Crippen LogP contribution >= 0.6 is 0 Å². The first kappa shape index (κ1) is 17.7. The van der Waals surface area contributed by atoms with Gasteiger partial charge in [0.1, 0.15) is 17.0 Å². The maximum Gasteiger partial charge on any atom is 0.422 e. The second-order valence-electron chi connectivity index (χ2n) is 7.06. The Labute approximate surface area is 164 Å². The molecule has 2 heterocycles. The summed E-state index contributed by atoms with van der Waals surface area (Å²) in [6.45, 7) is 0. The lowest BCUT2D eigenvalue weighted by Crippen LogP contribution is -2.09. The van der Waals surface area contributed by atoms with Crippen molar-refractivity contribution in [3.8, 4) is 34.0 Å². The van der Waals surface area contributed by atoms with E-state index in [4.69, 9.17) is 4.52 Å². The molecule has 5 rings (SSSR count). The van der Waals surface area contributed by atoms with Crippen molar-refractivity contribution in [1.29, 1.82) is 0 Å². The quantitative estimate of drug-likeness (QED) is 0.448. The van der Waals surface area contributed by atoms with E-state index in [0.717, 1.165) is 28.8 Å². The highest BCUT2D eigenvalue weighted by Gasteiger charge is 2.43. The van der Waals surface area contributed by atoms with Crippen molar-refractivity contribution >= 4 is 0 Å².